The highest BCUT2D eigenvalue weighted by Crippen LogP contribution is 2.44. The first-order valence-corrected chi connectivity index (χ1v) is 15.5. The van der Waals surface area contributed by atoms with Crippen molar-refractivity contribution in [3.63, 3.8) is 0 Å². The lowest BCUT2D eigenvalue weighted by atomic mass is 9.99. The average Bonchev–Trinajstić information content (AvgIpc) is 3.51. The number of aliphatic hydroxyl groups is 3. The lowest BCUT2D eigenvalue weighted by Gasteiger charge is -2.23. The maximum Gasteiger partial charge on any atom is 0.225 e. The number of nitrogens with zero attached hydrogens (tertiary/aromatic N) is 5. The minimum atomic E-state index is -1.04. The van der Waals surface area contributed by atoms with Crippen molar-refractivity contribution in [3.8, 4) is 21.7 Å². The molecule has 10 nitrogen and oxygen atoms in total. The third-order valence-electron chi connectivity index (χ3n) is 8.64. The van der Waals surface area contributed by atoms with Crippen molar-refractivity contribution < 1.29 is 15.3 Å². The van der Waals surface area contributed by atoms with Crippen LogP contribution in [0.3, 0.4) is 0 Å². The molecule has 0 aliphatic heterocycles. The quantitative estimate of drug-likeness (QED) is 0.166. The van der Waals surface area contributed by atoms with Gasteiger partial charge in [-0.1, -0.05) is 36.4 Å². The molecular formula is C32H35N7O3S. The van der Waals surface area contributed by atoms with Gasteiger partial charge in [-0.3, -0.25) is 4.68 Å². The summed E-state index contributed by atoms with van der Waals surface area (Å²) in [6.45, 7) is 1.75. The van der Waals surface area contributed by atoms with Gasteiger partial charge < -0.3 is 26.0 Å². The zero-order valence-electron chi connectivity index (χ0n) is 24.1. The third-order valence-corrected chi connectivity index (χ3v) is 9.70. The monoisotopic (exact) mass is 597 g/mol. The number of benzene rings is 2. The molecule has 7 rings (SSSR count). The fourth-order valence-electron chi connectivity index (χ4n) is 6.10. The second-order valence-electron chi connectivity index (χ2n) is 11.7. The SMILES string of the molecule is Cc1nc(N[C@@H](c2ccc(-c3cnn(C)c3)cc2)C2CC2)nc(N[C@@H]2C[C@H](CO)[C@@H](O)[C@H]2O)c1-c1nc2ccccc2s1. The molecule has 0 amide bonds. The second-order valence-corrected chi connectivity index (χ2v) is 12.8. The molecule has 5 aromatic rings. The molecule has 2 saturated carbocycles. The molecule has 0 spiro atoms. The Morgan fingerprint density at radius 3 is 2.47 bits per heavy atom. The van der Waals surface area contributed by atoms with Crippen molar-refractivity contribution in [1.82, 2.24) is 24.7 Å². The lowest BCUT2D eigenvalue weighted by molar-refractivity contribution is 0.00446. The number of rotatable bonds is 9. The van der Waals surface area contributed by atoms with Gasteiger partial charge in [-0.25, -0.2) is 9.97 Å². The molecule has 43 heavy (non-hydrogen) atoms. The summed E-state index contributed by atoms with van der Waals surface area (Å²) in [4.78, 5) is 14.7. The van der Waals surface area contributed by atoms with Gasteiger partial charge in [0.15, 0.2) is 0 Å². The molecule has 2 aliphatic carbocycles. The van der Waals surface area contributed by atoms with E-state index < -0.39 is 24.2 Å². The molecule has 5 N–H and O–H groups in total. The average molecular weight is 598 g/mol. The van der Waals surface area contributed by atoms with Crippen molar-refractivity contribution in [3.05, 3.63) is 72.2 Å². The summed E-state index contributed by atoms with van der Waals surface area (Å²) in [6, 6.07) is 16.1. The van der Waals surface area contributed by atoms with E-state index in [-0.39, 0.29) is 12.6 Å². The van der Waals surface area contributed by atoms with Gasteiger partial charge in [-0.2, -0.15) is 10.1 Å². The number of hydrogen-bond donors (Lipinski definition) is 5. The van der Waals surface area contributed by atoms with Gasteiger partial charge in [0.25, 0.3) is 0 Å². The van der Waals surface area contributed by atoms with Crippen LogP contribution < -0.4 is 10.6 Å². The maximum atomic E-state index is 10.8. The highest BCUT2D eigenvalue weighted by molar-refractivity contribution is 7.21. The molecular weight excluding hydrogens is 562 g/mol. The lowest BCUT2D eigenvalue weighted by Crippen LogP contribution is -2.35. The Bertz CT molecular complexity index is 1720. The van der Waals surface area contributed by atoms with Crippen LogP contribution in [0.1, 0.15) is 36.6 Å². The standard InChI is InChI=1S/C32H35N7O3S/c1-17-26(31-36-23-5-3-4-6-25(23)43-31)30(35-24-13-21(16-40)28(41)29(24)42)38-32(34-17)37-27(20-11-12-20)19-9-7-18(8-10-19)22-14-33-39(2)15-22/h3-10,14-15,20-21,24,27-29,40-42H,11-13,16H2,1-2H3,(H2,34,35,37,38)/t21-,24-,27+,28-,29+/m1/s1. The molecule has 0 radical (unpaired) electrons. The summed E-state index contributed by atoms with van der Waals surface area (Å²) in [7, 11) is 1.92. The van der Waals surface area contributed by atoms with E-state index in [1.165, 1.54) is 5.56 Å². The summed E-state index contributed by atoms with van der Waals surface area (Å²) in [6.07, 6.45) is 4.50. The first-order chi connectivity index (χ1) is 20.9. The zero-order chi connectivity index (χ0) is 29.7. The Balaban J connectivity index is 1.23. The van der Waals surface area contributed by atoms with E-state index in [0.717, 1.165) is 50.5 Å². The smallest absolute Gasteiger partial charge is 0.225 e. The number of fused-ring (bicyclic) bond motifs is 1. The minimum absolute atomic E-state index is 0.0427. The van der Waals surface area contributed by atoms with Gasteiger partial charge in [0, 0.05) is 31.3 Å². The van der Waals surface area contributed by atoms with E-state index in [9.17, 15) is 15.3 Å². The van der Waals surface area contributed by atoms with Gasteiger partial charge in [-0.05, 0) is 55.4 Å². The number of aryl methyl sites for hydroxylation is 2. The molecule has 0 saturated heterocycles. The molecule has 3 heterocycles. The molecule has 2 aliphatic rings. The van der Waals surface area contributed by atoms with E-state index >= 15 is 0 Å². The molecule has 11 heteroatoms. The van der Waals surface area contributed by atoms with Crippen LogP contribution in [0.25, 0.3) is 31.9 Å². The van der Waals surface area contributed by atoms with Crippen LogP contribution in [0.2, 0.25) is 0 Å². The summed E-state index contributed by atoms with van der Waals surface area (Å²) in [5.41, 5.74) is 5.78. The summed E-state index contributed by atoms with van der Waals surface area (Å²) in [5, 5.41) is 43.2. The highest BCUT2D eigenvalue weighted by atomic mass is 32.1. The first-order valence-electron chi connectivity index (χ1n) is 14.7. The van der Waals surface area contributed by atoms with Crippen LogP contribution in [0, 0.1) is 18.8 Å². The Morgan fingerprint density at radius 2 is 1.79 bits per heavy atom. The molecule has 222 valence electrons. The van der Waals surface area contributed by atoms with Crippen molar-refractivity contribution >= 4 is 33.3 Å². The number of anilines is 2. The van der Waals surface area contributed by atoms with Crippen LogP contribution in [-0.2, 0) is 7.05 Å². The van der Waals surface area contributed by atoms with E-state index in [2.05, 4.69) is 40.0 Å². The van der Waals surface area contributed by atoms with Crippen molar-refractivity contribution in [1.29, 1.82) is 0 Å². The Hall–Kier alpha value is -3.90. The van der Waals surface area contributed by atoms with Gasteiger partial charge in [0.1, 0.15) is 16.9 Å². The van der Waals surface area contributed by atoms with E-state index in [1.54, 1.807) is 16.0 Å². The minimum Gasteiger partial charge on any atom is -0.396 e. The molecule has 0 bridgehead atoms. The van der Waals surface area contributed by atoms with Crippen molar-refractivity contribution in [2.45, 2.75) is 50.5 Å². The fraction of sp³-hybridized carbons (Fsp3) is 0.375. The highest BCUT2D eigenvalue weighted by Gasteiger charge is 2.42. The van der Waals surface area contributed by atoms with Crippen LogP contribution >= 0.6 is 11.3 Å². The molecule has 5 atom stereocenters. The predicted molar refractivity (Wildman–Crippen MR) is 168 cm³/mol. The van der Waals surface area contributed by atoms with E-state index in [4.69, 9.17) is 15.0 Å². The Kier molecular flexibility index (Phi) is 7.34. The third kappa shape index (κ3) is 5.49. The summed E-state index contributed by atoms with van der Waals surface area (Å²) >= 11 is 1.57. The van der Waals surface area contributed by atoms with Crippen molar-refractivity contribution in [2.75, 3.05) is 17.2 Å². The van der Waals surface area contributed by atoms with Crippen LogP contribution in [0.15, 0.2) is 60.9 Å². The van der Waals surface area contributed by atoms with Gasteiger partial charge in [0.2, 0.25) is 5.95 Å². The van der Waals surface area contributed by atoms with E-state index in [0.29, 0.717) is 24.1 Å². The van der Waals surface area contributed by atoms with Gasteiger partial charge in [0.05, 0.1) is 45.9 Å². The van der Waals surface area contributed by atoms with Crippen LogP contribution in [0.5, 0.6) is 0 Å². The molecule has 3 aromatic heterocycles. The number of nitrogens with one attached hydrogen (secondary N) is 2. The van der Waals surface area contributed by atoms with Gasteiger partial charge in [-0.15, -0.1) is 11.3 Å². The predicted octanol–water partition coefficient (Wildman–Crippen LogP) is 4.54. The van der Waals surface area contributed by atoms with Crippen LogP contribution in [-0.4, -0.2) is 64.9 Å². The Labute approximate surface area is 253 Å². The van der Waals surface area contributed by atoms with Crippen molar-refractivity contribution in [2.24, 2.45) is 18.9 Å². The number of thiazole rings is 1. The second kappa shape index (κ2) is 11.3. The zero-order valence-corrected chi connectivity index (χ0v) is 24.9. The Morgan fingerprint density at radius 1 is 1.00 bits per heavy atom. The molecule has 2 aromatic carbocycles. The number of aliphatic hydroxyl groups excluding tert-OH is 3. The summed E-state index contributed by atoms with van der Waals surface area (Å²) < 4.78 is 2.86. The van der Waals surface area contributed by atoms with Crippen LogP contribution in [0.4, 0.5) is 11.8 Å². The number of para-hydroxylation sites is 1. The van der Waals surface area contributed by atoms with Gasteiger partial charge >= 0.3 is 0 Å². The number of aromatic nitrogens is 5. The largest absolute Gasteiger partial charge is 0.396 e. The normalized spacial score (nSPS) is 22.6. The maximum absolute atomic E-state index is 10.8. The van der Waals surface area contributed by atoms with E-state index in [1.807, 2.05) is 50.6 Å². The topological polar surface area (TPSA) is 141 Å². The molecule has 2 fully saturated rings. The first kappa shape index (κ1) is 27.9. The molecule has 0 unspecified atom stereocenters. The number of hydrogen-bond acceptors (Lipinski definition) is 10. The summed E-state index contributed by atoms with van der Waals surface area (Å²) in [5.74, 6) is 1.11. The fourth-order valence-corrected chi connectivity index (χ4v) is 7.16.